The Balaban J connectivity index is 2.24. The Kier molecular flexibility index (Phi) is 2.20. The lowest BCUT2D eigenvalue weighted by Crippen LogP contribution is -2.19. The van der Waals surface area contributed by atoms with E-state index in [1.807, 2.05) is 13.8 Å². The summed E-state index contributed by atoms with van der Waals surface area (Å²) in [6.45, 7) is 3.80. The van der Waals surface area contributed by atoms with Crippen LogP contribution in [0.25, 0.3) is 0 Å². The minimum atomic E-state index is -0.264. The van der Waals surface area contributed by atoms with Gasteiger partial charge >= 0.3 is 0 Å². The minimum Gasteiger partial charge on any atom is -0.436 e. The molecule has 0 aliphatic heterocycles. The van der Waals surface area contributed by atoms with E-state index in [-0.39, 0.29) is 28.9 Å². The van der Waals surface area contributed by atoms with Crippen LogP contribution in [0, 0.1) is 0 Å². The number of hydrogen-bond acceptors (Lipinski definition) is 4. The van der Waals surface area contributed by atoms with Crippen LogP contribution in [0.5, 0.6) is 0 Å². The molecule has 1 heterocycles. The maximum Gasteiger partial charge on any atom is 0.231 e. The van der Waals surface area contributed by atoms with E-state index in [4.69, 9.17) is 4.42 Å². The van der Waals surface area contributed by atoms with E-state index >= 15 is 0 Å². The SMILES string of the molecule is CC(C)c1nc2c(o1)C(=O)c1ccccc1C2=O. The Bertz CT molecular complexity index is 615. The Morgan fingerprint density at radius 2 is 1.67 bits per heavy atom. The largest absolute Gasteiger partial charge is 0.436 e. The number of aromatic nitrogens is 1. The summed E-state index contributed by atoms with van der Waals surface area (Å²) in [6, 6.07) is 6.74. The van der Waals surface area contributed by atoms with Crippen molar-refractivity contribution in [3.05, 3.63) is 52.7 Å². The lowest BCUT2D eigenvalue weighted by Gasteiger charge is -2.10. The third kappa shape index (κ3) is 1.35. The lowest BCUT2D eigenvalue weighted by molar-refractivity contribution is 0.0958. The highest BCUT2D eigenvalue weighted by Gasteiger charge is 2.35. The van der Waals surface area contributed by atoms with Crippen LogP contribution < -0.4 is 0 Å². The number of ketones is 2. The number of carbonyl (C=O) groups excluding carboxylic acids is 2. The van der Waals surface area contributed by atoms with Gasteiger partial charge in [-0.3, -0.25) is 9.59 Å². The highest BCUT2D eigenvalue weighted by molar-refractivity contribution is 6.26. The van der Waals surface area contributed by atoms with Gasteiger partial charge in [0.2, 0.25) is 17.3 Å². The molecule has 0 atom stereocenters. The van der Waals surface area contributed by atoms with Gasteiger partial charge in [-0.25, -0.2) is 4.98 Å². The molecule has 18 heavy (non-hydrogen) atoms. The highest BCUT2D eigenvalue weighted by atomic mass is 16.4. The van der Waals surface area contributed by atoms with Crippen molar-refractivity contribution in [1.82, 2.24) is 4.98 Å². The first-order valence-electron chi connectivity index (χ1n) is 5.78. The van der Waals surface area contributed by atoms with Crippen molar-refractivity contribution in [3.8, 4) is 0 Å². The molecule has 0 fully saturated rings. The first-order chi connectivity index (χ1) is 8.59. The van der Waals surface area contributed by atoms with Gasteiger partial charge < -0.3 is 4.42 Å². The zero-order chi connectivity index (χ0) is 12.9. The fourth-order valence-electron chi connectivity index (χ4n) is 2.02. The van der Waals surface area contributed by atoms with E-state index < -0.39 is 0 Å². The van der Waals surface area contributed by atoms with Gasteiger partial charge in [0.15, 0.2) is 11.6 Å². The molecule has 0 N–H and O–H groups in total. The number of hydrogen-bond donors (Lipinski definition) is 0. The quantitative estimate of drug-likeness (QED) is 0.657. The predicted molar refractivity (Wildman–Crippen MR) is 63.9 cm³/mol. The zero-order valence-electron chi connectivity index (χ0n) is 10.1. The number of fused-ring (bicyclic) bond motifs is 2. The summed E-state index contributed by atoms with van der Waals surface area (Å²) in [4.78, 5) is 28.6. The Morgan fingerprint density at radius 1 is 1.06 bits per heavy atom. The molecule has 0 amide bonds. The Hall–Kier alpha value is -2.23. The molecule has 90 valence electrons. The third-order valence-electron chi connectivity index (χ3n) is 2.98. The van der Waals surface area contributed by atoms with E-state index in [1.54, 1.807) is 24.3 Å². The lowest BCUT2D eigenvalue weighted by atomic mass is 9.91. The molecular weight excluding hydrogens is 230 g/mol. The van der Waals surface area contributed by atoms with Gasteiger partial charge in [0.1, 0.15) is 0 Å². The maximum absolute atomic E-state index is 12.2. The molecule has 3 rings (SSSR count). The molecule has 1 aliphatic carbocycles. The second-order valence-corrected chi connectivity index (χ2v) is 4.59. The van der Waals surface area contributed by atoms with E-state index in [1.165, 1.54) is 0 Å². The van der Waals surface area contributed by atoms with Crippen molar-refractivity contribution in [1.29, 1.82) is 0 Å². The fraction of sp³-hybridized carbons (Fsp3) is 0.214. The van der Waals surface area contributed by atoms with Crippen LogP contribution in [0.4, 0.5) is 0 Å². The van der Waals surface area contributed by atoms with Gasteiger partial charge in [0, 0.05) is 17.0 Å². The van der Waals surface area contributed by atoms with Crippen molar-refractivity contribution in [2.75, 3.05) is 0 Å². The molecular formula is C14H11NO3. The number of benzene rings is 1. The topological polar surface area (TPSA) is 60.2 Å². The van der Waals surface area contributed by atoms with Crippen molar-refractivity contribution in [3.63, 3.8) is 0 Å². The first kappa shape index (κ1) is 10.9. The van der Waals surface area contributed by atoms with Crippen LogP contribution in [0.2, 0.25) is 0 Å². The smallest absolute Gasteiger partial charge is 0.231 e. The molecule has 0 bridgehead atoms. The molecule has 0 saturated heterocycles. The van der Waals surface area contributed by atoms with Crippen LogP contribution in [0.15, 0.2) is 28.7 Å². The average molecular weight is 241 g/mol. The van der Waals surface area contributed by atoms with E-state index in [0.29, 0.717) is 17.0 Å². The molecule has 0 spiro atoms. The highest BCUT2D eigenvalue weighted by Crippen LogP contribution is 2.29. The molecule has 4 nitrogen and oxygen atoms in total. The van der Waals surface area contributed by atoms with Crippen LogP contribution in [-0.2, 0) is 0 Å². The maximum atomic E-state index is 12.2. The number of carbonyl (C=O) groups is 2. The third-order valence-corrected chi connectivity index (χ3v) is 2.98. The summed E-state index contributed by atoms with van der Waals surface area (Å²) < 4.78 is 5.43. The van der Waals surface area contributed by atoms with Crippen LogP contribution in [0.3, 0.4) is 0 Å². The molecule has 2 aromatic rings. The minimum absolute atomic E-state index is 0.0410. The van der Waals surface area contributed by atoms with Crippen molar-refractivity contribution in [2.24, 2.45) is 0 Å². The normalized spacial score (nSPS) is 13.7. The molecule has 0 radical (unpaired) electrons. The van der Waals surface area contributed by atoms with Gasteiger partial charge in [-0.05, 0) is 0 Å². The number of rotatable bonds is 1. The molecule has 1 aliphatic rings. The average Bonchev–Trinajstić information content (AvgIpc) is 2.81. The van der Waals surface area contributed by atoms with Crippen LogP contribution >= 0.6 is 0 Å². The fourth-order valence-corrected chi connectivity index (χ4v) is 2.02. The zero-order valence-corrected chi connectivity index (χ0v) is 10.1. The van der Waals surface area contributed by atoms with Gasteiger partial charge in [0.05, 0.1) is 0 Å². The van der Waals surface area contributed by atoms with E-state index in [0.717, 1.165) is 0 Å². The second kappa shape index (κ2) is 3.63. The van der Waals surface area contributed by atoms with Gasteiger partial charge in [-0.1, -0.05) is 38.1 Å². The Labute approximate surface area is 104 Å². The standard InChI is InChI=1S/C14H11NO3/c1-7(2)14-15-10-11(16)8-5-3-4-6-9(8)12(17)13(10)18-14/h3-7H,1-2H3. The van der Waals surface area contributed by atoms with Gasteiger partial charge in [-0.2, -0.15) is 0 Å². The number of nitrogens with zero attached hydrogens (tertiary/aromatic N) is 1. The summed E-state index contributed by atoms with van der Waals surface area (Å²) in [7, 11) is 0. The summed E-state index contributed by atoms with van der Waals surface area (Å²) in [5.74, 6) is 0.0340. The summed E-state index contributed by atoms with van der Waals surface area (Å²) in [6.07, 6.45) is 0. The molecule has 4 heteroatoms. The van der Waals surface area contributed by atoms with Crippen LogP contribution in [0.1, 0.15) is 57.8 Å². The molecule has 0 saturated carbocycles. The summed E-state index contributed by atoms with van der Waals surface area (Å²) >= 11 is 0. The first-order valence-corrected chi connectivity index (χ1v) is 5.78. The van der Waals surface area contributed by atoms with Crippen molar-refractivity contribution in [2.45, 2.75) is 19.8 Å². The monoisotopic (exact) mass is 241 g/mol. The second-order valence-electron chi connectivity index (χ2n) is 4.59. The van der Waals surface area contributed by atoms with Crippen molar-refractivity contribution >= 4 is 11.6 Å². The van der Waals surface area contributed by atoms with Gasteiger partial charge in [0.25, 0.3) is 0 Å². The van der Waals surface area contributed by atoms with E-state index in [9.17, 15) is 9.59 Å². The molecule has 1 aromatic carbocycles. The summed E-state index contributed by atoms with van der Waals surface area (Å²) in [5, 5.41) is 0. The van der Waals surface area contributed by atoms with Gasteiger partial charge in [-0.15, -0.1) is 0 Å². The Morgan fingerprint density at radius 3 is 2.28 bits per heavy atom. The summed E-state index contributed by atoms with van der Waals surface area (Å²) in [5.41, 5.74) is 0.933. The van der Waals surface area contributed by atoms with Crippen LogP contribution in [-0.4, -0.2) is 16.6 Å². The predicted octanol–water partition coefficient (Wildman–Crippen LogP) is 2.57. The molecule has 1 aromatic heterocycles. The van der Waals surface area contributed by atoms with Crippen molar-refractivity contribution < 1.29 is 14.0 Å². The molecule has 0 unspecified atom stereocenters. The van der Waals surface area contributed by atoms with E-state index in [2.05, 4.69) is 4.98 Å². The number of oxazole rings is 1.